The highest BCUT2D eigenvalue weighted by molar-refractivity contribution is 7.99. The van der Waals surface area contributed by atoms with Crippen molar-refractivity contribution in [3.8, 4) is 28.3 Å². The summed E-state index contributed by atoms with van der Waals surface area (Å²) in [4.78, 5) is 12.9. The molecule has 2 amide bonds. The zero-order valence-corrected chi connectivity index (χ0v) is 31.7. The Bertz CT molecular complexity index is 2360. The minimum atomic E-state index is -0.620. The van der Waals surface area contributed by atoms with Gasteiger partial charge in [-0.25, -0.2) is 4.79 Å². The van der Waals surface area contributed by atoms with Gasteiger partial charge in [-0.05, 0) is 86.8 Å². The third-order valence-corrected chi connectivity index (χ3v) is 10.5. The molecule has 2 heterocycles. The number of benzene rings is 6. The molecule has 0 spiro atoms. The number of aliphatic hydroxyl groups excluding tert-OH is 1. The van der Waals surface area contributed by atoms with Crippen molar-refractivity contribution in [2.24, 2.45) is 0 Å². The molecule has 0 bridgehead atoms. The fraction of sp³-hybridized carbons (Fsp3) is 0.156. The van der Waals surface area contributed by atoms with E-state index in [4.69, 9.17) is 14.2 Å². The number of ether oxygens (including phenoxy) is 3. The van der Waals surface area contributed by atoms with Gasteiger partial charge in [0.15, 0.2) is 6.29 Å². The minimum Gasteiger partial charge on any atom is -0.457 e. The highest BCUT2D eigenvalue weighted by Gasteiger charge is 2.33. The van der Waals surface area contributed by atoms with Gasteiger partial charge in [0.1, 0.15) is 11.5 Å². The molecule has 286 valence electrons. The number of amides is 2. The summed E-state index contributed by atoms with van der Waals surface area (Å²) in [5.41, 5.74) is 7.25. The van der Waals surface area contributed by atoms with E-state index < -0.39 is 6.29 Å². The van der Waals surface area contributed by atoms with Crippen LogP contribution in [0.15, 0.2) is 163 Å². The molecule has 6 aromatic carbocycles. The first-order valence-electron chi connectivity index (χ1n) is 18.6. The predicted molar refractivity (Wildman–Crippen MR) is 219 cm³/mol. The molecule has 11 nitrogen and oxygen atoms in total. The van der Waals surface area contributed by atoms with E-state index in [0.717, 1.165) is 44.8 Å². The van der Waals surface area contributed by atoms with E-state index in [1.165, 1.54) is 11.8 Å². The molecule has 0 saturated carbocycles. The predicted octanol–water partition coefficient (Wildman–Crippen LogP) is 9.27. The molecular formula is C45H40N6O5S. The first kappa shape index (κ1) is 37.6. The second-order valence-electron chi connectivity index (χ2n) is 13.4. The normalized spacial score (nSPS) is 16.5. The van der Waals surface area contributed by atoms with Gasteiger partial charge in [-0.15, -0.1) is 5.10 Å². The molecule has 3 atom stereocenters. The highest BCUT2D eigenvalue weighted by Crippen LogP contribution is 2.40. The van der Waals surface area contributed by atoms with Crippen molar-refractivity contribution >= 4 is 23.5 Å². The number of urea groups is 1. The van der Waals surface area contributed by atoms with Gasteiger partial charge in [-0.1, -0.05) is 121 Å². The number of anilines is 1. The van der Waals surface area contributed by atoms with Crippen molar-refractivity contribution < 1.29 is 24.1 Å². The molecule has 12 heteroatoms. The van der Waals surface area contributed by atoms with Crippen LogP contribution in [0.4, 0.5) is 10.5 Å². The third-order valence-electron chi connectivity index (χ3n) is 9.50. The van der Waals surface area contributed by atoms with Crippen molar-refractivity contribution in [3.63, 3.8) is 0 Å². The number of tetrazole rings is 1. The first-order chi connectivity index (χ1) is 28.1. The number of para-hydroxylation sites is 2. The minimum absolute atomic E-state index is 0.0217. The van der Waals surface area contributed by atoms with E-state index in [-0.39, 0.29) is 24.8 Å². The lowest BCUT2D eigenvalue weighted by Crippen LogP contribution is -2.31. The molecule has 3 unspecified atom stereocenters. The maximum atomic E-state index is 12.9. The summed E-state index contributed by atoms with van der Waals surface area (Å²) >= 11 is 1.54. The Morgan fingerprint density at radius 1 is 0.772 bits per heavy atom. The Labute approximate surface area is 334 Å². The van der Waals surface area contributed by atoms with Crippen LogP contribution in [-0.2, 0) is 22.6 Å². The van der Waals surface area contributed by atoms with Gasteiger partial charge in [-0.2, -0.15) is 4.68 Å². The van der Waals surface area contributed by atoms with Gasteiger partial charge in [0, 0.05) is 30.0 Å². The number of nitrogens with zero attached hydrogens (tertiary/aromatic N) is 4. The van der Waals surface area contributed by atoms with Crippen LogP contribution < -0.4 is 15.4 Å². The summed E-state index contributed by atoms with van der Waals surface area (Å²) in [7, 11) is 0. The van der Waals surface area contributed by atoms with Crippen LogP contribution in [0.25, 0.3) is 16.8 Å². The number of hydrogen-bond donors (Lipinski definition) is 3. The zero-order chi connectivity index (χ0) is 38.8. The number of thioether (sulfide) groups is 1. The third kappa shape index (κ3) is 9.57. The Hall–Kier alpha value is -6.31. The number of nitrogens with one attached hydrogen (secondary N) is 2. The quantitative estimate of drug-likeness (QED) is 0.0981. The SMILES string of the molecule is O=C(NCc1ccccc1-c1ccc(C2OC(CSc3nnnn3-c3ccccc3)CC(c3ccc(CO)cc3)O2)cc1)Nc1ccc(Oc2ccccc2)cc1. The maximum Gasteiger partial charge on any atom is 0.319 e. The van der Waals surface area contributed by atoms with Crippen LogP contribution in [0.1, 0.15) is 41.1 Å². The van der Waals surface area contributed by atoms with Crippen LogP contribution in [0.2, 0.25) is 0 Å². The van der Waals surface area contributed by atoms with Gasteiger partial charge in [-0.3, -0.25) is 0 Å². The zero-order valence-electron chi connectivity index (χ0n) is 30.8. The van der Waals surface area contributed by atoms with E-state index >= 15 is 0 Å². The van der Waals surface area contributed by atoms with Crippen molar-refractivity contribution in [1.29, 1.82) is 0 Å². The molecule has 57 heavy (non-hydrogen) atoms. The molecule has 1 aliphatic heterocycles. The smallest absolute Gasteiger partial charge is 0.319 e. The lowest BCUT2D eigenvalue weighted by Gasteiger charge is -2.36. The molecule has 1 aliphatic rings. The van der Waals surface area contributed by atoms with E-state index in [1.807, 2.05) is 133 Å². The van der Waals surface area contributed by atoms with Crippen LogP contribution in [0.5, 0.6) is 11.5 Å². The number of carbonyl (C=O) groups is 1. The summed E-state index contributed by atoms with van der Waals surface area (Å²) < 4.78 is 20.8. The summed E-state index contributed by atoms with van der Waals surface area (Å²) in [6.07, 6.45) is -0.388. The largest absolute Gasteiger partial charge is 0.457 e. The van der Waals surface area contributed by atoms with Gasteiger partial charge in [0.25, 0.3) is 0 Å². The van der Waals surface area contributed by atoms with Crippen molar-refractivity contribution in [1.82, 2.24) is 25.5 Å². The number of aromatic nitrogens is 4. The molecule has 3 N–H and O–H groups in total. The van der Waals surface area contributed by atoms with Gasteiger partial charge < -0.3 is 30.0 Å². The highest BCUT2D eigenvalue weighted by atomic mass is 32.2. The fourth-order valence-corrected chi connectivity index (χ4v) is 7.46. The van der Waals surface area contributed by atoms with Crippen molar-refractivity contribution in [2.75, 3.05) is 11.1 Å². The van der Waals surface area contributed by atoms with Crippen LogP contribution in [0, 0.1) is 0 Å². The van der Waals surface area contributed by atoms with Gasteiger partial charge in [0.2, 0.25) is 5.16 Å². The lowest BCUT2D eigenvalue weighted by atomic mass is 9.98. The fourth-order valence-electron chi connectivity index (χ4n) is 6.55. The molecule has 1 fully saturated rings. The Morgan fingerprint density at radius 3 is 2.21 bits per heavy atom. The molecule has 7 aromatic rings. The van der Waals surface area contributed by atoms with E-state index in [0.29, 0.717) is 35.3 Å². The molecule has 1 aromatic heterocycles. The van der Waals surface area contributed by atoms with Crippen molar-refractivity contribution in [3.05, 3.63) is 180 Å². The first-order valence-corrected chi connectivity index (χ1v) is 19.6. The van der Waals surface area contributed by atoms with Gasteiger partial charge in [0.05, 0.1) is 24.5 Å². The molecular weight excluding hydrogens is 737 g/mol. The average Bonchev–Trinajstić information content (AvgIpc) is 3.75. The Kier molecular flexibility index (Phi) is 11.9. The van der Waals surface area contributed by atoms with Crippen LogP contribution in [0.3, 0.4) is 0 Å². The summed E-state index contributed by atoms with van der Waals surface area (Å²) in [6.45, 7) is 0.309. The standard InChI is InChI=1S/C45H40N6O5S/c52-29-31-15-17-33(18-16-31)42-27-40(30-57-45-48-49-50-51(45)37-10-3-1-4-11-37)55-43(56-42)34-21-19-32(20-22-34)41-14-8-7-9-35(41)28-46-44(53)47-36-23-25-39(26-24-36)54-38-12-5-2-6-13-38/h1-26,40,42-43,52H,27-30H2,(H2,46,47,53). The number of aliphatic hydroxyl groups is 1. The number of carbonyl (C=O) groups excluding carboxylic acids is 1. The van der Waals surface area contributed by atoms with E-state index in [9.17, 15) is 9.90 Å². The van der Waals surface area contributed by atoms with Crippen LogP contribution in [-0.4, -0.2) is 43.2 Å². The van der Waals surface area contributed by atoms with E-state index in [1.54, 1.807) is 16.8 Å². The topological polar surface area (TPSA) is 133 Å². The Balaban J connectivity index is 0.929. The molecule has 8 rings (SSSR count). The molecule has 0 aliphatic carbocycles. The number of rotatable bonds is 13. The maximum absolute atomic E-state index is 12.9. The lowest BCUT2D eigenvalue weighted by molar-refractivity contribution is -0.245. The molecule has 1 saturated heterocycles. The van der Waals surface area contributed by atoms with Crippen molar-refractivity contribution in [2.45, 2.75) is 43.2 Å². The summed E-state index contributed by atoms with van der Waals surface area (Å²) in [6, 6.07) is 50.3. The number of hydrogen-bond acceptors (Lipinski definition) is 9. The average molecular weight is 777 g/mol. The summed E-state index contributed by atoms with van der Waals surface area (Å²) in [5, 5.41) is 28.6. The monoisotopic (exact) mass is 776 g/mol. The second kappa shape index (κ2) is 18.1. The second-order valence-corrected chi connectivity index (χ2v) is 14.4. The van der Waals surface area contributed by atoms with Crippen LogP contribution >= 0.6 is 11.8 Å². The van der Waals surface area contributed by atoms with E-state index in [2.05, 4.69) is 38.3 Å². The van der Waals surface area contributed by atoms with Gasteiger partial charge >= 0.3 is 6.03 Å². The summed E-state index contributed by atoms with van der Waals surface area (Å²) in [5.74, 6) is 2.03. The Morgan fingerprint density at radius 2 is 1.46 bits per heavy atom. The molecule has 0 radical (unpaired) electrons.